The number of anilines is 2. The number of esters is 1. The Morgan fingerprint density at radius 1 is 1.15 bits per heavy atom. The summed E-state index contributed by atoms with van der Waals surface area (Å²) in [5, 5.41) is 16.1. The lowest BCUT2D eigenvalue weighted by atomic mass is 9.89. The van der Waals surface area contributed by atoms with Gasteiger partial charge in [-0.15, -0.1) is 5.10 Å². The molecule has 5 rings (SSSR count). The molecule has 1 unspecified atom stereocenters. The van der Waals surface area contributed by atoms with Crippen LogP contribution in [-0.2, 0) is 28.7 Å². The van der Waals surface area contributed by atoms with E-state index in [1.165, 1.54) is 28.7 Å². The molecule has 12 heteroatoms. The first kappa shape index (κ1) is 27.4. The number of nitriles is 1. The van der Waals surface area contributed by atoms with E-state index >= 15 is 0 Å². The highest BCUT2D eigenvalue weighted by Gasteiger charge is 2.41. The first-order valence-electron chi connectivity index (χ1n) is 12.5. The summed E-state index contributed by atoms with van der Waals surface area (Å²) < 4.78 is 49.0. The van der Waals surface area contributed by atoms with Crippen molar-refractivity contribution in [2.24, 2.45) is 0 Å². The van der Waals surface area contributed by atoms with Gasteiger partial charge in [0, 0.05) is 29.9 Å². The SMILES string of the molecule is COC(=O)C1=C(C)N(c2cccc(C(F)(F)F)c2)c2n[nH]c(=O)n2C1c1ccc(C#N)cc1CC[n+]1ccccc1. The van der Waals surface area contributed by atoms with Crippen LogP contribution in [0.1, 0.15) is 35.2 Å². The second-order valence-electron chi connectivity index (χ2n) is 9.36. The molecule has 1 atom stereocenters. The molecular formula is C29H24F3N6O3+. The molecule has 2 aromatic carbocycles. The van der Waals surface area contributed by atoms with Gasteiger partial charge in [-0.05, 0) is 48.4 Å². The quantitative estimate of drug-likeness (QED) is 0.280. The number of hydrogen-bond acceptors (Lipinski definition) is 6. The number of methoxy groups -OCH3 is 1. The van der Waals surface area contributed by atoms with E-state index in [1.807, 2.05) is 35.2 Å². The number of H-pyrrole nitrogens is 1. The van der Waals surface area contributed by atoms with Gasteiger partial charge in [0.2, 0.25) is 5.95 Å². The number of aryl methyl sites for hydroxylation is 2. The highest BCUT2D eigenvalue weighted by Crippen LogP contribution is 2.43. The Balaban J connectivity index is 1.72. The summed E-state index contributed by atoms with van der Waals surface area (Å²) in [6.45, 7) is 2.10. The van der Waals surface area contributed by atoms with E-state index in [-0.39, 0.29) is 22.9 Å². The molecular weight excluding hydrogens is 537 g/mol. The number of fused-ring (bicyclic) bond motifs is 1. The Kier molecular flexibility index (Phi) is 7.19. The Labute approximate surface area is 232 Å². The number of allylic oxidation sites excluding steroid dienone is 1. The Bertz CT molecular complexity index is 1750. The molecule has 0 spiro atoms. The molecule has 0 amide bonds. The molecule has 41 heavy (non-hydrogen) atoms. The van der Waals surface area contributed by atoms with E-state index < -0.39 is 29.4 Å². The van der Waals surface area contributed by atoms with Gasteiger partial charge >= 0.3 is 17.8 Å². The van der Waals surface area contributed by atoms with E-state index in [1.54, 1.807) is 25.1 Å². The fourth-order valence-electron chi connectivity index (χ4n) is 5.07. The molecule has 1 aliphatic rings. The summed E-state index contributed by atoms with van der Waals surface area (Å²) in [6.07, 6.45) is -0.382. The van der Waals surface area contributed by atoms with Crippen molar-refractivity contribution < 1.29 is 27.3 Å². The molecule has 1 aliphatic heterocycles. The molecule has 2 aromatic heterocycles. The maximum Gasteiger partial charge on any atom is 0.416 e. The van der Waals surface area contributed by atoms with Gasteiger partial charge in [0.1, 0.15) is 6.04 Å². The summed E-state index contributed by atoms with van der Waals surface area (Å²) in [5.74, 6) is -0.770. The highest BCUT2D eigenvalue weighted by molar-refractivity contribution is 5.93. The largest absolute Gasteiger partial charge is 0.466 e. The predicted molar refractivity (Wildman–Crippen MR) is 141 cm³/mol. The number of carbonyl (C=O) groups excluding carboxylic acids is 1. The van der Waals surface area contributed by atoms with Gasteiger partial charge in [-0.25, -0.2) is 23.8 Å². The lowest BCUT2D eigenvalue weighted by Crippen LogP contribution is -2.38. The number of ether oxygens (including phenoxy) is 1. The number of carbonyl (C=O) groups is 1. The second kappa shape index (κ2) is 10.8. The van der Waals surface area contributed by atoms with Gasteiger partial charge in [-0.2, -0.15) is 18.4 Å². The van der Waals surface area contributed by atoms with Crippen molar-refractivity contribution >= 4 is 17.6 Å². The fourth-order valence-corrected chi connectivity index (χ4v) is 5.07. The minimum absolute atomic E-state index is 0.00257. The van der Waals surface area contributed by atoms with Crippen molar-refractivity contribution in [2.75, 3.05) is 12.0 Å². The van der Waals surface area contributed by atoms with E-state index in [0.29, 0.717) is 29.7 Å². The van der Waals surface area contributed by atoms with Gasteiger partial charge in [0.05, 0.1) is 29.9 Å². The molecule has 0 saturated heterocycles. The number of halogens is 3. The van der Waals surface area contributed by atoms with Gasteiger partial charge in [-0.3, -0.25) is 4.90 Å². The zero-order valence-corrected chi connectivity index (χ0v) is 22.0. The lowest BCUT2D eigenvalue weighted by Gasteiger charge is -2.36. The maximum atomic E-state index is 13.6. The number of nitrogens with one attached hydrogen (secondary N) is 1. The molecule has 0 aliphatic carbocycles. The van der Waals surface area contributed by atoms with Crippen LogP contribution in [0.5, 0.6) is 0 Å². The van der Waals surface area contributed by atoms with Gasteiger partial charge < -0.3 is 4.74 Å². The molecule has 4 aromatic rings. The minimum Gasteiger partial charge on any atom is -0.466 e. The van der Waals surface area contributed by atoms with Gasteiger partial charge in [-0.1, -0.05) is 18.2 Å². The lowest BCUT2D eigenvalue weighted by molar-refractivity contribution is -0.696. The minimum atomic E-state index is -4.61. The first-order valence-corrected chi connectivity index (χ1v) is 12.5. The fraction of sp³-hybridized carbons (Fsp3) is 0.207. The number of aromatic nitrogens is 4. The summed E-state index contributed by atoms with van der Waals surface area (Å²) in [6, 6.07) is 16.2. The van der Waals surface area contributed by atoms with Crippen molar-refractivity contribution in [2.45, 2.75) is 32.1 Å². The van der Waals surface area contributed by atoms with Gasteiger partial charge in [0.25, 0.3) is 0 Å². The first-order chi connectivity index (χ1) is 19.6. The average molecular weight is 562 g/mol. The number of aromatic amines is 1. The van der Waals surface area contributed by atoms with Crippen LogP contribution in [0, 0.1) is 11.3 Å². The van der Waals surface area contributed by atoms with Crippen LogP contribution in [0.25, 0.3) is 0 Å². The zero-order valence-electron chi connectivity index (χ0n) is 22.0. The van der Waals surface area contributed by atoms with Crippen LogP contribution in [0.3, 0.4) is 0 Å². The number of hydrogen-bond donors (Lipinski definition) is 1. The summed E-state index contributed by atoms with van der Waals surface area (Å²) >= 11 is 0. The molecule has 0 fully saturated rings. The van der Waals surface area contributed by atoms with Crippen LogP contribution in [0.15, 0.2) is 89.1 Å². The maximum absolute atomic E-state index is 13.6. The van der Waals surface area contributed by atoms with E-state index in [0.717, 1.165) is 12.1 Å². The number of nitrogens with zero attached hydrogens (tertiary/aromatic N) is 5. The third kappa shape index (κ3) is 5.09. The van der Waals surface area contributed by atoms with Crippen LogP contribution in [0.4, 0.5) is 24.8 Å². The second-order valence-corrected chi connectivity index (χ2v) is 9.36. The zero-order chi connectivity index (χ0) is 29.3. The highest BCUT2D eigenvalue weighted by atomic mass is 19.4. The smallest absolute Gasteiger partial charge is 0.416 e. The van der Waals surface area contributed by atoms with Crippen molar-refractivity contribution in [1.82, 2.24) is 14.8 Å². The molecule has 9 nitrogen and oxygen atoms in total. The molecule has 3 heterocycles. The van der Waals surface area contributed by atoms with E-state index in [2.05, 4.69) is 16.3 Å². The average Bonchev–Trinajstić information content (AvgIpc) is 3.35. The molecule has 0 bridgehead atoms. The summed E-state index contributed by atoms with van der Waals surface area (Å²) in [7, 11) is 1.19. The van der Waals surface area contributed by atoms with Crippen LogP contribution in [-0.4, -0.2) is 27.8 Å². The molecule has 208 valence electrons. The number of rotatable bonds is 6. The monoisotopic (exact) mass is 561 g/mol. The van der Waals surface area contributed by atoms with Crippen LogP contribution < -0.4 is 15.2 Å². The van der Waals surface area contributed by atoms with Gasteiger partial charge in [0.15, 0.2) is 18.9 Å². The molecule has 1 N–H and O–H groups in total. The summed E-state index contributed by atoms with van der Waals surface area (Å²) in [5.41, 5.74) is 0.395. The number of pyridine rings is 1. The Morgan fingerprint density at radius 2 is 1.90 bits per heavy atom. The third-order valence-corrected chi connectivity index (χ3v) is 6.96. The van der Waals surface area contributed by atoms with E-state index in [4.69, 9.17) is 4.74 Å². The predicted octanol–water partition coefficient (Wildman–Crippen LogP) is 4.18. The topological polar surface area (TPSA) is 108 Å². The Morgan fingerprint density at radius 3 is 2.59 bits per heavy atom. The number of alkyl halides is 3. The van der Waals surface area contributed by atoms with Crippen LogP contribution >= 0.6 is 0 Å². The van der Waals surface area contributed by atoms with Crippen molar-refractivity contribution in [3.05, 3.63) is 117 Å². The van der Waals surface area contributed by atoms with Crippen molar-refractivity contribution in [1.29, 1.82) is 5.26 Å². The van der Waals surface area contributed by atoms with Crippen molar-refractivity contribution in [3.63, 3.8) is 0 Å². The normalized spacial score (nSPS) is 14.9. The van der Waals surface area contributed by atoms with E-state index in [9.17, 15) is 28.0 Å². The van der Waals surface area contributed by atoms with Crippen molar-refractivity contribution in [3.8, 4) is 6.07 Å². The standard InChI is InChI=1S/C29H23F3N6O3/c1-18-24(26(39)41-2)25(23-10-9-19(17-33)15-20(23)11-14-36-12-4-3-5-13-36)38-27(34-35-28(38)40)37(18)22-8-6-7-21(16-22)29(30,31)32/h3-10,12-13,15-16,25H,11,14H2,1-2H3/p+1. The molecule has 0 radical (unpaired) electrons. The number of benzene rings is 2. The summed E-state index contributed by atoms with van der Waals surface area (Å²) in [4.78, 5) is 27.9. The molecule has 0 saturated carbocycles. The van der Waals surface area contributed by atoms with Crippen LogP contribution in [0.2, 0.25) is 0 Å². The Hall–Kier alpha value is -5.18. The third-order valence-electron chi connectivity index (χ3n) is 6.96.